The molecule has 0 radical (unpaired) electrons. The van der Waals surface area contributed by atoms with E-state index in [1.807, 2.05) is 13.8 Å². The standard InChI is InChI=1S/C19H23ClN2O5/c1-10-8-13(20)9-11(2)16(10)27-12(3)17(23)21-22-18(24)14-6-4-5-7-15(14)19(25)26/h4-5,8-9,12,14-15H,6-7H2,1-3H3,(H,21,23)(H,22,24)(H,25,26)/t12-,14-,15+/m1/s1. The molecule has 7 nitrogen and oxygen atoms in total. The molecular weight excluding hydrogens is 372 g/mol. The van der Waals surface area contributed by atoms with E-state index < -0.39 is 35.7 Å². The van der Waals surface area contributed by atoms with E-state index in [2.05, 4.69) is 10.9 Å². The van der Waals surface area contributed by atoms with Crippen molar-refractivity contribution < 1.29 is 24.2 Å². The van der Waals surface area contributed by atoms with Gasteiger partial charge >= 0.3 is 5.97 Å². The van der Waals surface area contributed by atoms with Crippen molar-refractivity contribution in [1.29, 1.82) is 0 Å². The lowest BCUT2D eigenvalue weighted by molar-refractivity contribution is -0.147. The Bertz CT molecular complexity index is 754. The molecule has 1 aliphatic carbocycles. The van der Waals surface area contributed by atoms with Crippen molar-refractivity contribution in [3.63, 3.8) is 0 Å². The summed E-state index contributed by atoms with van der Waals surface area (Å²) in [6.07, 6.45) is 3.24. The number of hydrogen-bond donors (Lipinski definition) is 3. The second kappa shape index (κ2) is 8.90. The first-order chi connectivity index (χ1) is 12.7. The highest BCUT2D eigenvalue weighted by Crippen LogP contribution is 2.28. The third kappa shape index (κ3) is 5.23. The Balaban J connectivity index is 1.94. The van der Waals surface area contributed by atoms with Gasteiger partial charge in [-0.15, -0.1) is 0 Å². The minimum absolute atomic E-state index is 0.288. The first-order valence-corrected chi connectivity index (χ1v) is 8.99. The van der Waals surface area contributed by atoms with Crippen molar-refractivity contribution in [2.24, 2.45) is 11.8 Å². The van der Waals surface area contributed by atoms with Gasteiger partial charge in [-0.3, -0.25) is 25.2 Å². The zero-order valence-electron chi connectivity index (χ0n) is 15.4. The number of halogens is 1. The molecule has 27 heavy (non-hydrogen) atoms. The molecule has 146 valence electrons. The summed E-state index contributed by atoms with van der Waals surface area (Å²) in [6, 6.07) is 3.47. The Labute approximate surface area is 162 Å². The van der Waals surface area contributed by atoms with E-state index in [0.29, 0.717) is 17.2 Å². The number of carbonyl (C=O) groups excluding carboxylic acids is 2. The van der Waals surface area contributed by atoms with Crippen LogP contribution in [-0.4, -0.2) is 29.0 Å². The molecule has 0 aliphatic heterocycles. The maximum absolute atomic E-state index is 12.3. The Morgan fingerprint density at radius 1 is 1.11 bits per heavy atom. The summed E-state index contributed by atoms with van der Waals surface area (Å²) in [4.78, 5) is 35.8. The summed E-state index contributed by atoms with van der Waals surface area (Å²) in [5, 5.41) is 9.81. The zero-order chi connectivity index (χ0) is 20.1. The van der Waals surface area contributed by atoms with Crippen LogP contribution in [0.1, 0.15) is 30.9 Å². The first-order valence-electron chi connectivity index (χ1n) is 8.61. The second-order valence-corrected chi connectivity index (χ2v) is 7.04. The Hall–Kier alpha value is -2.54. The quantitative estimate of drug-likeness (QED) is 0.525. The van der Waals surface area contributed by atoms with Crippen LogP contribution in [0.3, 0.4) is 0 Å². The minimum atomic E-state index is -1.03. The minimum Gasteiger partial charge on any atom is -0.481 e. The molecule has 1 aromatic carbocycles. The summed E-state index contributed by atoms with van der Waals surface area (Å²) in [5.41, 5.74) is 6.20. The molecule has 2 amide bonds. The number of ether oxygens (including phenoxy) is 1. The van der Waals surface area contributed by atoms with E-state index in [4.69, 9.17) is 16.3 Å². The van der Waals surface area contributed by atoms with Crippen molar-refractivity contribution in [2.45, 2.75) is 39.7 Å². The summed E-state index contributed by atoms with van der Waals surface area (Å²) in [7, 11) is 0. The number of allylic oxidation sites excluding steroid dienone is 2. The smallest absolute Gasteiger partial charge is 0.307 e. The van der Waals surface area contributed by atoms with Gasteiger partial charge in [0.15, 0.2) is 6.10 Å². The lowest BCUT2D eigenvalue weighted by Gasteiger charge is -2.24. The fourth-order valence-electron chi connectivity index (χ4n) is 3.01. The molecule has 0 saturated heterocycles. The van der Waals surface area contributed by atoms with Crippen LogP contribution in [0.2, 0.25) is 5.02 Å². The van der Waals surface area contributed by atoms with Crippen LogP contribution < -0.4 is 15.6 Å². The van der Waals surface area contributed by atoms with Crippen LogP contribution in [0.15, 0.2) is 24.3 Å². The van der Waals surface area contributed by atoms with Gasteiger partial charge in [0.25, 0.3) is 5.91 Å². The molecule has 8 heteroatoms. The number of aliphatic carboxylic acids is 1. The largest absolute Gasteiger partial charge is 0.481 e. The van der Waals surface area contributed by atoms with Crippen molar-refractivity contribution >= 4 is 29.4 Å². The van der Waals surface area contributed by atoms with Gasteiger partial charge in [0.05, 0.1) is 11.8 Å². The summed E-state index contributed by atoms with van der Waals surface area (Å²) in [6.45, 7) is 5.20. The van der Waals surface area contributed by atoms with Gasteiger partial charge in [0.2, 0.25) is 5.91 Å². The highest BCUT2D eigenvalue weighted by atomic mass is 35.5. The normalized spacial score (nSPS) is 19.9. The van der Waals surface area contributed by atoms with Gasteiger partial charge < -0.3 is 9.84 Å². The maximum atomic E-state index is 12.3. The average molecular weight is 395 g/mol. The topological polar surface area (TPSA) is 105 Å². The van der Waals surface area contributed by atoms with Crippen LogP contribution >= 0.6 is 11.6 Å². The summed E-state index contributed by atoms with van der Waals surface area (Å²) < 4.78 is 5.70. The molecule has 1 aliphatic rings. The number of carbonyl (C=O) groups is 3. The molecule has 0 bridgehead atoms. The van der Waals surface area contributed by atoms with Crippen molar-refractivity contribution in [3.05, 3.63) is 40.4 Å². The van der Waals surface area contributed by atoms with E-state index in [1.54, 1.807) is 31.2 Å². The zero-order valence-corrected chi connectivity index (χ0v) is 16.2. The van der Waals surface area contributed by atoms with Gasteiger partial charge in [-0.1, -0.05) is 23.8 Å². The van der Waals surface area contributed by atoms with Gasteiger partial charge in [-0.25, -0.2) is 0 Å². The highest BCUT2D eigenvalue weighted by molar-refractivity contribution is 6.30. The molecule has 0 aromatic heterocycles. The molecular formula is C19H23ClN2O5. The molecule has 1 aromatic rings. The maximum Gasteiger partial charge on any atom is 0.307 e. The lowest BCUT2D eigenvalue weighted by atomic mass is 9.82. The number of hydrazine groups is 1. The van der Waals surface area contributed by atoms with Crippen LogP contribution in [0.4, 0.5) is 0 Å². The third-order valence-electron chi connectivity index (χ3n) is 4.48. The number of carboxylic acids is 1. The highest BCUT2D eigenvalue weighted by Gasteiger charge is 2.34. The summed E-state index contributed by atoms with van der Waals surface area (Å²) >= 11 is 5.98. The van der Waals surface area contributed by atoms with Gasteiger partial charge in [0, 0.05) is 5.02 Å². The van der Waals surface area contributed by atoms with Crippen molar-refractivity contribution in [2.75, 3.05) is 0 Å². The molecule has 0 heterocycles. The molecule has 3 N–H and O–H groups in total. The molecule has 0 spiro atoms. The van der Waals surface area contributed by atoms with Gasteiger partial charge in [-0.2, -0.15) is 0 Å². The Morgan fingerprint density at radius 3 is 2.22 bits per heavy atom. The fourth-order valence-corrected chi connectivity index (χ4v) is 3.34. The van der Waals surface area contributed by atoms with E-state index in [-0.39, 0.29) is 6.42 Å². The first kappa shape index (κ1) is 20.8. The number of rotatable bonds is 5. The van der Waals surface area contributed by atoms with E-state index in [0.717, 1.165) is 11.1 Å². The van der Waals surface area contributed by atoms with Gasteiger partial charge in [0.1, 0.15) is 5.75 Å². The van der Waals surface area contributed by atoms with Crippen molar-refractivity contribution in [1.82, 2.24) is 10.9 Å². The summed E-state index contributed by atoms with van der Waals surface area (Å²) in [5.74, 6) is -3.10. The third-order valence-corrected chi connectivity index (χ3v) is 4.70. The Morgan fingerprint density at radius 2 is 1.67 bits per heavy atom. The number of aryl methyl sites for hydroxylation is 2. The predicted molar refractivity (Wildman–Crippen MR) is 100 cm³/mol. The molecule has 0 fully saturated rings. The van der Waals surface area contributed by atoms with Crippen LogP contribution in [0.5, 0.6) is 5.75 Å². The van der Waals surface area contributed by atoms with Gasteiger partial charge in [-0.05, 0) is 56.9 Å². The van der Waals surface area contributed by atoms with E-state index >= 15 is 0 Å². The second-order valence-electron chi connectivity index (χ2n) is 6.60. The lowest BCUT2D eigenvalue weighted by Crippen LogP contribution is -2.50. The molecule has 3 atom stereocenters. The van der Waals surface area contributed by atoms with Crippen LogP contribution in [-0.2, 0) is 14.4 Å². The fraction of sp³-hybridized carbons (Fsp3) is 0.421. The molecule has 0 unspecified atom stereocenters. The Kier molecular flexibility index (Phi) is 6.85. The average Bonchev–Trinajstić information content (AvgIpc) is 2.62. The number of carboxylic acid groups (broad SMARTS) is 1. The van der Waals surface area contributed by atoms with Crippen molar-refractivity contribution in [3.8, 4) is 5.75 Å². The SMILES string of the molecule is Cc1cc(Cl)cc(C)c1O[C@H](C)C(=O)NNC(=O)[C@@H]1CC=CC[C@@H]1C(=O)O. The van der Waals surface area contributed by atoms with Crippen LogP contribution in [0, 0.1) is 25.7 Å². The number of hydrogen-bond acceptors (Lipinski definition) is 4. The molecule has 2 rings (SSSR count). The number of nitrogens with one attached hydrogen (secondary N) is 2. The predicted octanol–water partition coefficient (Wildman–Crippen LogP) is 2.54. The number of amides is 2. The molecule has 0 saturated carbocycles. The van der Waals surface area contributed by atoms with E-state index in [9.17, 15) is 19.5 Å². The monoisotopic (exact) mass is 394 g/mol. The number of benzene rings is 1. The van der Waals surface area contributed by atoms with Crippen LogP contribution in [0.25, 0.3) is 0 Å². The van der Waals surface area contributed by atoms with E-state index in [1.165, 1.54) is 0 Å².